The molecule has 0 amide bonds. The van der Waals surface area contributed by atoms with Crippen LogP contribution in [0.2, 0.25) is 0 Å². The van der Waals surface area contributed by atoms with E-state index in [2.05, 4.69) is 9.97 Å². The van der Waals surface area contributed by atoms with Gasteiger partial charge in [0.15, 0.2) is 21.4 Å². The zero-order valence-electron chi connectivity index (χ0n) is 13.7. The summed E-state index contributed by atoms with van der Waals surface area (Å²) in [6.07, 6.45) is 2.71. The zero-order valence-corrected chi connectivity index (χ0v) is 15.3. The number of nitrogens with zero attached hydrogens (tertiary/aromatic N) is 2. The highest BCUT2D eigenvalue weighted by atomic mass is 32.2. The fourth-order valence-electron chi connectivity index (χ4n) is 2.12. The highest BCUT2D eigenvalue weighted by molar-refractivity contribution is 7.90. The van der Waals surface area contributed by atoms with Crippen LogP contribution in [0.1, 0.15) is 4.88 Å². The van der Waals surface area contributed by atoms with Gasteiger partial charge in [-0.3, -0.25) is 0 Å². The number of aromatic nitrogens is 2. The first-order valence-electron chi connectivity index (χ1n) is 7.34. The second-order valence-corrected chi connectivity index (χ2v) is 8.28. The van der Waals surface area contributed by atoms with Crippen molar-refractivity contribution in [1.82, 2.24) is 9.97 Å². The van der Waals surface area contributed by atoms with Crippen LogP contribution in [0.15, 0.2) is 52.9 Å². The van der Waals surface area contributed by atoms with Crippen molar-refractivity contribution in [1.29, 1.82) is 0 Å². The number of thiophene rings is 1. The third-order valence-electron chi connectivity index (χ3n) is 3.41. The lowest BCUT2D eigenvalue weighted by Gasteiger charge is -2.10. The first-order chi connectivity index (χ1) is 12.0. The van der Waals surface area contributed by atoms with Crippen LogP contribution in [0, 0.1) is 0 Å². The molecule has 25 heavy (non-hydrogen) atoms. The van der Waals surface area contributed by atoms with Crippen molar-refractivity contribution in [3.8, 4) is 23.0 Å². The van der Waals surface area contributed by atoms with Crippen LogP contribution in [0.4, 0.5) is 0 Å². The van der Waals surface area contributed by atoms with Gasteiger partial charge in [0.25, 0.3) is 5.88 Å². The number of ether oxygens (including phenoxy) is 2. The van der Waals surface area contributed by atoms with Crippen molar-refractivity contribution in [3.63, 3.8) is 0 Å². The topological polar surface area (TPSA) is 78.4 Å². The molecule has 3 rings (SSSR count). The van der Waals surface area contributed by atoms with Gasteiger partial charge in [0.2, 0.25) is 0 Å². The normalized spacial score (nSPS) is 11.3. The maximum Gasteiger partial charge on any atom is 0.261 e. The Kier molecular flexibility index (Phi) is 5.00. The molecule has 0 saturated carbocycles. The van der Waals surface area contributed by atoms with Crippen LogP contribution in [-0.4, -0.2) is 31.8 Å². The summed E-state index contributed by atoms with van der Waals surface area (Å²) in [6.45, 7) is 0.386. The molecule has 6 nitrogen and oxygen atoms in total. The Hall–Kier alpha value is -2.45. The van der Waals surface area contributed by atoms with E-state index in [0.29, 0.717) is 29.6 Å². The van der Waals surface area contributed by atoms with Crippen molar-refractivity contribution in [2.45, 2.75) is 11.5 Å². The van der Waals surface area contributed by atoms with E-state index in [-0.39, 0.29) is 4.90 Å². The second-order valence-electron chi connectivity index (χ2n) is 5.23. The number of hydrogen-bond donors (Lipinski definition) is 0. The average molecular weight is 376 g/mol. The Labute approximate surface area is 150 Å². The quantitative estimate of drug-likeness (QED) is 0.657. The standard InChI is InChI=1S/C17H16N2O4S2/c1-22-15-10-18-16(12-5-7-14(8-6-12)25(2,20)21)19-17(15)23-11-13-4-3-9-24-13/h3-10H,11H2,1-2H3. The van der Waals surface area contributed by atoms with Gasteiger partial charge in [-0.1, -0.05) is 6.07 Å². The molecule has 2 aromatic heterocycles. The molecule has 0 bridgehead atoms. The molecule has 0 unspecified atom stereocenters. The Morgan fingerprint density at radius 2 is 1.92 bits per heavy atom. The Bertz CT molecular complexity index is 953. The minimum absolute atomic E-state index is 0.249. The highest BCUT2D eigenvalue weighted by Crippen LogP contribution is 2.28. The number of benzene rings is 1. The number of methoxy groups -OCH3 is 1. The lowest BCUT2D eigenvalue weighted by atomic mass is 10.2. The molecule has 0 radical (unpaired) electrons. The predicted octanol–water partition coefficient (Wildman–Crippen LogP) is 3.20. The summed E-state index contributed by atoms with van der Waals surface area (Å²) in [5.74, 6) is 1.21. The van der Waals surface area contributed by atoms with Gasteiger partial charge in [-0.15, -0.1) is 11.3 Å². The van der Waals surface area contributed by atoms with Gasteiger partial charge in [-0.05, 0) is 35.7 Å². The van der Waals surface area contributed by atoms with Crippen molar-refractivity contribution >= 4 is 21.2 Å². The molecule has 0 aliphatic heterocycles. The van der Waals surface area contributed by atoms with E-state index in [1.807, 2.05) is 17.5 Å². The van der Waals surface area contributed by atoms with Gasteiger partial charge in [-0.2, -0.15) is 4.98 Å². The van der Waals surface area contributed by atoms with Crippen molar-refractivity contribution in [2.24, 2.45) is 0 Å². The minimum Gasteiger partial charge on any atom is -0.490 e. The summed E-state index contributed by atoms with van der Waals surface area (Å²) < 4.78 is 34.1. The van der Waals surface area contributed by atoms with E-state index in [0.717, 1.165) is 4.88 Å². The molecule has 2 heterocycles. The molecule has 0 fully saturated rings. The summed E-state index contributed by atoms with van der Waals surface area (Å²) in [7, 11) is -1.71. The van der Waals surface area contributed by atoms with Gasteiger partial charge in [0.1, 0.15) is 6.61 Å². The first-order valence-corrected chi connectivity index (χ1v) is 10.1. The fourth-order valence-corrected chi connectivity index (χ4v) is 3.37. The van der Waals surface area contributed by atoms with Crippen molar-refractivity contribution < 1.29 is 17.9 Å². The van der Waals surface area contributed by atoms with Crippen LogP contribution in [-0.2, 0) is 16.4 Å². The lowest BCUT2D eigenvalue weighted by molar-refractivity contribution is 0.274. The fraction of sp³-hybridized carbons (Fsp3) is 0.176. The first kappa shape index (κ1) is 17.4. The molecular weight excluding hydrogens is 360 g/mol. The third kappa shape index (κ3) is 4.15. The maximum absolute atomic E-state index is 11.5. The van der Waals surface area contributed by atoms with E-state index >= 15 is 0 Å². The molecule has 8 heteroatoms. The summed E-state index contributed by atoms with van der Waals surface area (Å²) in [5.41, 5.74) is 0.691. The minimum atomic E-state index is -3.24. The van der Waals surface area contributed by atoms with E-state index in [9.17, 15) is 8.42 Å². The molecule has 0 aliphatic rings. The molecular formula is C17H16N2O4S2. The van der Waals surface area contributed by atoms with E-state index < -0.39 is 9.84 Å². The van der Waals surface area contributed by atoms with Crippen molar-refractivity contribution in [3.05, 3.63) is 52.9 Å². The zero-order chi connectivity index (χ0) is 17.9. The molecule has 0 N–H and O–H groups in total. The summed E-state index contributed by atoms with van der Waals surface area (Å²) >= 11 is 1.59. The van der Waals surface area contributed by atoms with Gasteiger partial charge >= 0.3 is 0 Å². The maximum atomic E-state index is 11.5. The third-order valence-corrected chi connectivity index (χ3v) is 5.39. The summed E-state index contributed by atoms with van der Waals surface area (Å²) in [5, 5.41) is 1.98. The Morgan fingerprint density at radius 3 is 2.52 bits per heavy atom. The van der Waals surface area contributed by atoms with Crippen LogP contribution in [0.3, 0.4) is 0 Å². The highest BCUT2D eigenvalue weighted by Gasteiger charge is 2.13. The van der Waals surface area contributed by atoms with E-state index in [1.54, 1.807) is 23.5 Å². The molecule has 3 aromatic rings. The molecule has 0 atom stereocenters. The number of hydrogen-bond acceptors (Lipinski definition) is 7. The van der Waals surface area contributed by atoms with Gasteiger partial charge in [0.05, 0.1) is 18.2 Å². The average Bonchev–Trinajstić information content (AvgIpc) is 3.12. The predicted molar refractivity (Wildman–Crippen MR) is 95.8 cm³/mol. The van der Waals surface area contributed by atoms with Crippen LogP contribution in [0.25, 0.3) is 11.4 Å². The number of sulfone groups is 1. The Morgan fingerprint density at radius 1 is 1.16 bits per heavy atom. The van der Waals surface area contributed by atoms with Crippen LogP contribution >= 0.6 is 11.3 Å². The van der Waals surface area contributed by atoms with E-state index in [4.69, 9.17) is 9.47 Å². The summed E-state index contributed by atoms with van der Waals surface area (Å²) in [4.78, 5) is 9.97. The lowest BCUT2D eigenvalue weighted by Crippen LogP contribution is -2.01. The second kappa shape index (κ2) is 7.20. The molecule has 0 aliphatic carbocycles. The molecule has 0 saturated heterocycles. The largest absolute Gasteiger partial charge is 0.490 e. The molecule has 0 spiro atoms. The Balaban J connectivity index is 1.88. The monoisotopic (exact) mass is 376 g/mol. The van der Waals surface area contributed by atoms with Crippen molar-refractivity contribution in [2.75, 3.05) is 13.4 Å². The van der Waals surface area contributed by atoms with E-state index in [1.165, 1.54) is 31.7 Å². The number of rotatable bonds is 6. The van der Waals surface area contributed by atoms with Gasteiger partial charge in [0, 0.05) is 16.7 Å². The van der Waals surface area contributed by atoms with Gasteiger partial charge < -0.3 is 9.47 Å². The smallest absolute Gasteiger partial charge is 0.261 e. The van der Waals surface area contributed by atoms with Crippen LogP contribution < -0.4 is 9.47 Å². The summed E-state index contributed by atoms with van der Waals surface area (Å²) in [6, 6.07) is 10.3. The SMILES string of the molecule is COc1cnc(-c2ccc(S(C)(=O)=O)cc2)nc1OCc1cccs1. The van der Waals surface area contributed by atoms with Gasteiger partial charge in [-0.25, -0.2) is 13.4 Å². The molecule has 130 valence electrons. The van der Waals surface area contributed by atoms with Crippen LogP contribution in [0.5, 0.6) is 11.6 Å². The molecule has 1 aromatic carbocycles.